The molecular weight excluding hydrogens is 192 g/mol. The highest BCUT2D eigenvalue weighted by molar-refractivity contribution is 5.75. The van der Waals surface area contributed by atoms with Crippen LogP contribution in [0.5, 0.6) is 0 Å². The summed E-state index contributed by atoms with van der Waals surface area (Å²) < 4.78 is 1.77. The van der Waals surface area contributed by atoms with Gasteiger partial charge in [-0.1, -0.05) is 0 Å². The van der Waals surface area contributed by atoms with E-state index < -0.39 is 0 Å². The fourth-order valence-corrected chi connectivity index (χ4v) is 1.30. The van der Waals surface area contributed by atoms with Crippen LogP contribution in [0.1, 0.15) is 19.5 Å². The fourth-order valence-electron chi connectivity index (χ4n) is 1.30. The summed E-state index contributed by atoms with van der Waals surface area (Å²) in [5.41, 5.74) is 6.33. The molecule has 0 aromatic carbocycles. The van der Waals surface area contributed by atoms with Crippen LogP contribution in [-0.4, -0.2) is 28.0 Å². The van der Waals surface area contributed by atoms with Gasteiger partial charge in [-0.3, -0.25) is 4.79 Å². The second-order valence-electron chi connectivity index (χ2n) is 3.80. The van der Waals surface area contributed by atoms with Crippen LogP contribution < -0.4 is 11.1 Å². The molecule has 84 valence electrons. The lowest BCUT2D eigenvalue weighted by atomic mass is 10.3. The van der Waals surface area contributed by atoms with Crippen molar-refractivity contribution < 1.29 is 4.79 Å². The molecule has 0 unspecified atom stereocenters. The summed E-state index contributed by atoms with van der Waals surface area (Å²) in [5.74, 6) is 0.00157. The van der Waals surface area contributed by atoms with Gasteiger partial charge in [0.25, 0.3) is 0 Å². The first-order valence-corrected chi connectivity index (χ1v) is 5.12. The number of hydrogen-bond donors (Lipinski definition) is 2. The van der Waals surface area contributed by atoms with Crippen molar-refractivity contribution in [2.24, 2.45) is 5.73 Å². The Labute approximate surface area is 89.7 Å². The van der Waals surface area contributed by atoms with Gasteiger partial charge in [0.1, 0.15) is 6.54 Å². The van der Waals surface area contributed by atoms with Crippen LogP contribution in [-0.2, 0) is 17.8 Å². The molecule has 15 heavy (non-hydrogen) atoms. The van der Waals surface area contributed by atoms with E-state index in [0.29, 0.717) is 13.1 Å². The van der Waals surface area contributed by atoms with Crippen molar-refractivity contribution >= 4 is 5.91 Å². The van der Waals surface area contributed by atoms with Crippen LogP contribution in [0.3, 0.4) is 0 Å². The Morgan fingerprint density at radius 3 is 3.00 bits per heavy atom. The van der Waals surface area contributed by atoms with Gasteiger partial charge in [0.05, 0.1) is 12.0 Å². The van der Waals surface area contributed by atoms with Gasteiger partial charge >= 0.3 is 0 Å². The topological polar surface area (TPSA) is 72.9 Å². The minimum atomic E-state index is 0.00157. The van der Waals surface area contributed by atoms with Gasteiger partial charge in [0, 0.05) is 18.7 Å². The second-order valence-corrected chi connectivity index (χ2v) is 3.80. The number of rotatable bonds is 5. The summed E-state index contributed by atoms with van der Waals surface area (Å²) in [5, 5.41) is 2.82. The molecule has 0 radical (unpaired) electrons. The van der Waals surface area contributed by atoms with Crippen molar-refractivity contribution in [3.63, 3.8) is 0 Å². The third kappa shape index (κ3) is 4.12. The van der Waals surface area contributed by atoms with Crippen LogP contribution in [0, 0.1) is 0 Å². The molecule has 3 N–H and O–H groups in total. The fraction of sp³-hybridized carbons (Fsp3) is 0.600. The standard InChI is InChI=1S/C10H18N4O/c1-8(2)13-10(15)6-14-5-9(3-4-11)12-7-14/h5,7-8H,3-4,6,11H2,1-2H3,(H,13,15). The lowest BCUT2D eigenvalue weighted by Gasteiger charge is -2.07. The molecular formula is C10H18N4O. The van der Waals surface area contributed by atoms with E-state index in [-0.39, 0.29) is 11.9 Å². The maximum atomic E-state index is 11.4. The molecule has 0 aliphatic heterocycles. The number of amides is 1. The largest absolute Gasteiger partial charge is 0.352 e. The van der Waals surface area contributed by atoms with Gasteiger partial charge in [-0.05, 0) is 20.4 Å². The molecule has 1 heterocycles. The zero-order valence-electron chi connectivity index (χ0n) is 9.23. The third-order valence-electron chi connectivity index (χ3n) is 1.86. The molecule has 1 aromatic rings. The normalized spacial score (nSPS) is 10.7. The molecule has 1 rings (SSSR count). The first-order chi connectivity index (χ1) is 7.11. The molecule has 0 aliphatic rings. The third-order valence-corrected chi connectivity index (χ3v) is 1.86. The van der Waals surface area contributed by atoms with E-state index in [1.807, 2.05) is 20.0 Å². The number of hydrogen-bond acceptors (Lipinski definition) is 3. The van der Waals surface area contributed by atoms with Crippen LogP contribution in [0.4, 0.5) is 0 Å². The van der Waals surface area contributed by atoms with Gasteiger partial charge in [-0.15, -0.1) is 0 Å². The van der Waals surface area contributed by atoms with Gasteiger partial charge in [-0.25, -0.2) is 4.98 Å². The van der Waals surface area contributed by atoms with E-state index in [4.69, 9.17) is 5.73 Å². The van der Waals surface area contributed by atoms with Crippen molar-refractivity contribution in [2.75, 3.05) is 6.54 Å². The first-order valence-electron chi connectivity index (χ1n) is 5.12. The lowest BCUT2D eigenvalue weighted by Crippen LogP contribution is -2.32. The summed E-state index contributed by atoms with van der Waals surface area (Å²) in [7, 11) is 0. The zero-order chi connectivity index (χ0) is 11.3. The van der Waals surface area contributed by atoms with Gasteiger partial charge in [-0.2, -0.15) is 0 Å². The number of aromatic nitrogens is 2. The van der Waals surface area contributed by atoms with E-state index in [9.17, 15) is 4.79 Å². The number of imidazole rings is 1. The highest BCUT2D eigenvalue weighted by atomic mass is 16.2. The molecule has 1 amide bonds. The molecule has 0 aliphatic carbocycles. The summed E-state index contributed by atoms with van der Waals surface area (Å²) in [6.07, 6.45) is 4.26. The Hall–Kier alpha value is -1.36. The maximum absolute atomic E-state index is 11.4. The second kappa shape index (κ2) is 5.50. The van der Waals surface area contributed by atoms with Crippen molar-refractivity contribution in [3.05, 3.63) is 18.2 Å². The first kappa shape index (κ1) is 11.7. The van der Waals surface area contributed by atoms with Crippen LogP contribution >= 0.6 is 0 Å². The van der Waals surface area contributed by atoms with Crippen molar-refractivity contribution in [3.8, 4) is 0 Å². The summed E-state index contributed by atoms with van der Waals surface area (Å²) in [6, 6.07) is 0.171. The molecule has 0 atom stereocenters. The molecule has 5 nitrogen and oxygen atoms in total. The average molecular weight is 210 g/mol. The Morgan fingerprint density at radius 2 is 2.40 bits per heavy atom. The number of carbonyl (C=O) groups is 1. The molecule has 0 saturated carbocycles. The van der Waals surface area contributed by atoms with Crippen molar-refractivity contribution in [1.82, 2.24) is 14.9 Å². The zero-order valence-corrected chi connectivity index (χ0v) is 9.23. The van der Waals surface area contributed by atoms with Crippen molar-refractivity contribution in [2.45, 2.75) is 32.9 Å². The molecule has 0 saturated heterocycles. The van der Waals surface area contributed by atoms with Gasteiger partial charge < -0.3 is 15.6 Å². The smallest absolute Gasteiger partial charge is 0.240 e. The van der Waals surface area contributed by atoms with E-state index in [2.05, 4.69) is 10.3 Å². The van der Waals surface area contributed by atoms with Crippen LogP contribution in [0.15, 0.2) is 12.5 Å². The van der Waals surface area contributed by atoms with Gasteiger partial charge in [0.15, 0.2) is 0 Å². The maximum Gasteiger partial charge on any atom is 0.240 e. The summed E-state index contributed by atoms with van der Waals surface area (Å²) in [4.78, 5) is 15.5. The number of nitrogens with two attached hydrogens (primary N) is 1. The Morgan fingerprint density at radius 1 is 1.67 bits per heavy atom. The lowest BCUT2D eigenvalue weighted by molar-refractivity contribution is -0.122. The molecule has 5 heteroatoms. The number of carbonyl (C=O) groups excluding carboxylic acids is 1. The highest BCUT2D eigenvalue weighted by Crippen LogP contribution is 1.96. The average Bonchev–Trinajstić information content (AvgIpc) is 2.51. The minimum Gasteiger partial charge on any atom is -0.352 e. The molecule has 1 aromatic heterocycles. The summed E-state index contributed by atoms with van der Waals surface area (Å²) >= 11 is 0. The monoisotopic (exact) mass is 210 g/mol. The van der Waals surface area contributed by atoms with Crippen LogP contribution in [0.25, 0.3) is 0 Å². The summed E-state index contributed by atoms with van der Waals surface area (Å²) in [6.45, 7) is 4.77. The quantitative estimate of drug-likeness (QED) is 0.713. The highest BCUT2D eigenvalue weighted by Gasteiger charge is 2.05. The van der Waals surface area contributed by atoms with E-state index in [1.165, 1.54) is 0 Å². The number of nitrogens with one attached hydrogen (secondary N) is 1. The SMILES string of the molecule is CC(C)NC(=O)Cn1cnc(CCN)c1. The van der Waals surface area contributed by atoms with E-state index in [1.54, 1.807) is 10.9 Å². The van der Waals surface area contributed by atoms with Gasteiger partial charge in [0.2, 0.25) is 5.91 Å². The number of nitrogens with zero attached hydrogens (tertiary/aromatic N) is 2. The Balaban J connectivity index is 2.46. The predicted molar refractivity (Wildman–Crippen MR) is 58.3 cm³/mol. The Kier molecular flexibility index (Phi) is 4.30. The Bertz CT molecular complexity index is 319. The van der Waals surface area contributed by atoms with Crippen molar-refractivity contribution in [1.29, 1.82) is 0 Å². The van der Waals surface area contributed by atoms with E-state index in [0.717, 1.165) is 12.1 Å². The molecule has 0 bridgehead atoms. The molecule has 0 fully saturated rings. The predicted octanol–water partition coefficient (Wildman–Crippen LogP) is -0.0911. The van der Waals surface area contributed by atoms with E-state index >= 15 is 0 Å². The van der Waals surface area contributed by atoms with Crippen LogP contribution in [0.2, 0.25) is 0 Å². The molecule has 0 spiro atoms. The minimum absolute atomic E-state index is 0.00157.